The predicted molar refractivity (Wildman–Crippen MR) is 95.0 cm³/mol. The van der Waals surface area contributed by atoms with Gasteiger partial charge in [0, 0.05) is 39.1 Å². The highest BCUT2D eigenvalue weighted by Crippen LogP contribution is 2.20. The van der Waals surface area contributed by atoms with E-state index in [-0.39, 0.29) is 5.91 Å². The fourth-order valence-corrected chi connectivity index (χ4v) is 3.72. The first-order valence-electron chi connectivity index (χ1n) is 7.15. The molecule has 0 atom stereocenters. The van der Waals surface area contributed by atoms with Gasteiger partial charge in [0.15, 0.2) is 0 Å². The van der Waals surface area contributed by atoms with Crippen LogP contribution < -0.4 is 10.3 Å². The van der Waals surface area contributed by atoms with Crippen molar-refractivity contribution in [1.82, 2.24) is 5.43 Å². The van der Waals surface area contributed by atoms with E-state index < -0.39 is 0 Å². The average Bonchev–Trinajstić information content (AvgIpc) is 3.19. The van der Waals surface area contributed by atoms with Gasteiger partial charge in [0.1, 0.15) is 0 Å². The summed E-state index contributed by atoms with van der Waals surface area (Å²) >= 11 is 4.94. The quantitative estimate of drug-likeness (QED) is 0.648. The third-order valence-electron chi connectivity index (χ3n) is 3.55. The summed E-state index contributed by atoms with van der Waals surface area (Å²) in [5, 5.41) is 5.96. The van der Waals surface area contributed by atoms with E-state index in [0.29, 0.717) is 5.56 Å². The Morgan fingerprint density at radius 3 is 2.64 bits per heavy atom. The van der Waals surface area contributed by atoms with Gasteiger partial charge < -0.3 is 4.90 Å². The van der Waals surface area contributed by atoms with Crippen molar-refractivity contribution >= 4 is 45.1 Å². The van der Waals surface area contributed by atoms with Crippen LogP contribution in [0.2, 0.25) is 0 Å². The molecule has 0 saturated carbocycles. The SMILES string of the molecule is O=C(N/N=C\c1cc(Br)cs1)c1ccc(N2CCCC2)cc1. The number of nitrogens with one attached hydrogen (secondary N) is 1. The number of carbonyl (C=O) groups excluding carboxylic acids is 1. The number of anilines is 1. The molecule has 1 N–H and O–H groups in total. The summed E-state index contributed by atoms with van der Waals surface area (Å²) in [5.74, 6) is -0.195. The van der Waals surface area contributed by atoms with Gasteiger partial charge in [0.2, 0.25) is 0 Å². The minimum absolute atomic E-state index is 0.195. The van der Waals surface area contributed by atoms with Gasteiger partial charge in [0.25, 0.3) is 5.91 Å². The van der Waals surface area contributed by atoms with E-state index in [4.69, 9.17) is 0 Å². The van der Waals surface area contributed by atoms with Crippen molar-refractivity contribution < 1.29 is 4.79 Å². The van der Waals surface area contributed by atoms with E-state index in [2.05, 4.69) is 31.4 Å². The number of carbonyl (C=O) groups is 1. The molecule has 0 aliphatic carbocycles. The molecule has 22 heavy (non-hydrogen) atoms. The van der Waals surface area contributed by atoms with Crippen molar-refractivity contribution in [2.45, 2.75) is 12.8 Å². The lowest BCUT2D eigenvalue weighted by Gasteiger charge is -2.17. The van der Waals surface area contributed by atoms with Crippen LogP contribution in [0.1, 0.15) is 28.1 Å². The topological polar surface area (TPSA) is 44.7 Å². The Hall–Kier alpha value is -1.66. The van der Waals surface area contributed by atoms with Crippen LogP contribution >= 0.6 is 27.3 Å². The molecule has 1 amide bonds. The van der Waals surface area contributed by atoms with Gasteiger partial charge >= 0.3 is 0 Å². The maximum absolute atomic E-state index is 12.0. The Kier molecular flexibility index (Phi) is 4.90. The smallest absolute Gasteiger partial charge is 0.271 e. The van der Waals surface area contributed by atoms with E-state index in [9.17, 15) is 4.79 Å². The highest BCUT2D eigenvalue weighted by atomic mass is 79.9. The van der Waals surface area contributed by atoms with Crippen LogP contribution in [0.3, 0.4) is 0 Å². The first-order chi connectivity index (χ1) is 10.7. The molecule has 0 bridgehead atoms. The van der Waals surface area contributed by atoms with Crippen molar-refractivity contribution in [3.8, 4) is 0 Å². The number of nitrogens with zero attached hydrogens (tertiary/aromatic N) is 2. The van der Waals surface area contributed by atoms with Crippen LogP contribution in [0.25, 0.3) is 0 Å². The summed E-state index contributed by atoms with van der Waals surface area (Å²) in [6.45, 7) is 2.21. The Morgan fingerprint density at radius 1 is 1.27 bits per heavy atom. The van der Waals surface area contributed by atoms with Gasteiger partial charge in [-0.1, -0.05) is 0 Å². The molecule has 1 saturated heterocycles. The second-order valence-electron chi connectivity index (χ2n) is 5.11. The van der Waals surface area contributed by atoms with Crippen molar-refractivity contribution in [2.75, 3.05) is 18.0 Å². The summed E-state index contributed by atoms with van der Waals surface area (Å²) in [4.78, 5) is 15.4. The molecule has 3 rings (SSSR count). The second-order valence-corrected chi connectivity index (χ2v) is 6.97. The molecular weight excluding hydrogens is 362 g/mol. The van der Waals surface area contributed by atoms with Crippen LogP contribution in [0, 0.1) is 0 Å². The van der Waals surface area contributed by atoms with Crippen molar-refractivity contribution in [3.63, 3.8) is 0 Å². The summed E-state index contributed by atoms with van der Waals surface area (Å²) < 4.78 is 1.02. The number of hydrogen-bond acceptors (Lipinski definition) is 4. The highest BCUT2D eigenvalue weighted by molar-refractivity contribution is 9.10. The lowest BCUT2D eigenvalue weighted by atomic mass is 10.2. The minimum atomic E-state index is -0.195. The zero-order chi connectivity index (χ0) is 15.4. The van der Waals surface area contributed by atoms with Gasteiger partial charge in [0.05, 0.1) is 6.21 Å². The summed E-state index contributed by atoms with van der Waals surface area (Å²) in [7, 11) is 0. The molecule has 2 aromatic rings. The maximum atomic E-state index is 12.0. The van der Waals surface area contributed by atoms with E-state index in [1.54, 1.807) is 17.6 Å². The van der Waals surface area contributed by atoms with Crippen LogP contribution in [0.4, 0.5) is 5.69 Å². The zero-order valence-corrected chi connectivity index (χ0v) is 14.4. The molecule has 0 unspecified atom stereocenters. The Balaban J connectivity index is 1.58. The Labute approximate surface area is 142 Å². The molecule has 1 aliphatic heterocycles. The molecule has 1 aromatic heterocycles. The van der Waals surface area contributed by atoms with Crippen LogP contribution in [-0.2, 0) is 0 Å². The molecule has 1 fully saturated rings. The monoisotopic (exact) mass is 377 g/mol. The highest BCUT2D eigenvalue weighted by Gasteiger charge is 2.12. The van der Waals surface area contributed by atoms with Gasteiger partial charge in [-0.3, -0.25) is 4.79 Å². The number of halogens is 1. The second kappa shape index (κ2) is 7.07. The zero-order valence-electron chi connectivity index (χ0n) is 12.0. The van der Waals surface area contributed by atoms with Crippen molar-refractivity contribution in [3.05, 3.63) is 50.6 Å². The molecule has 2 heterocycles. The van der Waals surface area contributed by atoms with Crippen LogP contribution in [0.15, 0.2) is 45.3 Å². The lowest BCUT2D eigenvalue weighted by molar-refractivity contribution is 0.0955. The number of rotatable bonds is 4. The fourth-order valence-electron chi connectivity index (χ4n) is 2.41. The Bertz CT molecular complexity index is 675. The van der Waals surface area contributed by atoms with Gasteiger partial charge in [-0.15, -0.1) is 11.3 Å². The molecule has 0 radical (unpaired) electrons. The fraction of sp³-hybridized carbons (Fsp3) is 0.250. The first kappa shape index (κ1) is 15.2. The Morgan fingerprint density at radius 2 is 2.00 bits per heavy atom. The third-order valence-corrected chi connectivity index (χ3v) is 5.17. The average molecular weight is 378 g/mol. The number of benzene rings is 1. The maximum Gasteiger partial charge on any atom is 0.271 e. The van der Waals surface area contributed by atoms with Gasteiger partial charge in [-0.25, -0.2) is 5.43 Å². The molecule has 114 valence electrons. The first-order valence-corrected chi connectivity index (χ1v) is 8.82. The van der Waals surface area contributed by atoms with E-state index in [0.717, 1.165) is 22.4 Å². The largest absolute Gasteiger partial charge is 0.372 e. The van der Waals surface area contributed by atoms with Crippen LogP contribution in [0.5, 0.6) is 0 Å². The number of amides is 1. The van der Waals surface area contributed by atoms with E-state index in [1.165, 1.54) is 18.5 Å². The van der Waals surface area contributed by atoms with Gasteiger partial charge in [-0.2, -0.15) is 5.10 Å². The van der Waals surface area contributed by atoms with E-state index in [1.807, 2.05) is 35.7 Å². The number of thiophene rings is 1. The van der Waals surface area contributed by atoms with Crippen molar-refractivity contribution in [1.29, 1.82) is 0 Å². The number of hydrogen-bond donors (Lipinski definition) is 1. The normalized spacial score (nSPS) is 14.7. The molecule has 0 spiro atoms. The lowest BCUT2D eigenvalue weighted by Crippen LogP contribution is -2.19. The molecule has 1 aromatic carbocycles. The summed E-state index contributed by atoms with van der Waals surface area (Å²) in [6.07, 6.45) is 4.14. The van der Waals surface area contributed by atoms with E-state index >= 15 is 0 Å². The number of hydrazone groups is 1. The summed E-state index contributed by atoms with van der Waals surface area (Å²) in [6, 6.07) is 9.65. The third kappa shape index (κ3) is 3.75. The molecule has 6 heteroatoms. The van der Waals surface area contributed by atoms with Crippen LogP contribution in [-0.4, -0.2) is 25.2 Å². The molecular formula is C16H16BrN3OS. The summed E-state index contributed by atoms with van der Waals surface area (Å²) in [5.41, 5.74) is 4.35. The van der Waals surface area contributed by atoms with Crippen molar-refractivity contribution in [2.24, 2.45) is 5.10 Å². The predicted octanol–water partition coefficient (Wildman–Crippen LogP) is 3.87. The minimum Gasteiger partial charge on any atom is -0.372 e. The van der Waals surface area contributed by atoms with Gasteiger partial charge in [-0.05, 0) is 59.1 Å². The molecule has 4 nitrogen and oxygen atoms in total. The standard InChI is InChI=1S/C16H16BrN3OS/c17-13-9-15(22-11-13)10-18-19-16(21)12-3-5-14(6-4-12)20-7-1-2-8-20/h3-6,9-11H,1-2,7-8H2,(H,19,21)/b18-10-. The molecule has 1 aliphatic rings.